The molecule has 5 nitrogen and oxygen atoms in total. The predicted octanol–water partition coefficient (Wildman–Crippen LogP) is 11.9. The summed E-state index contributed by atoms with van der Waals surface area (Å²) < 4.78 is 10.4. The van der Waals surface area contributed by atoms with Crippen molar-refractivity contribution >= 4 is 50.5 Å². The highest BCUT2D eigenvalue weighted by atomic mass is 16.5. The molecule has 0 saturated heterocycles. The van der Waals surface area contributed by atoms with Gasteiger partial charge in [-0.05, 0) is 99.1 Å². The molecule has 0 saturated carbocycles. The zero-order valence-corrected chi connectivity index (χ0v) is 29.2. The number of carbonyl (C=O) groups excluding carboxylic acids is 2. The summed E-state index contributed by atoms with van der Waals surface area (Å²) in [5.41, 5.74) is 8.82. The minimum absolute atomic E-state index is 0.371. The van der Waals surface area contributed by atoms with Crippen molar-refractivity contribution < 1.29 is 19.1 Å². The zero-order chi connectivity index (χ0) is 35.5. The zero-order valence-electron chi connectivity index (χ0n) is 29.2. The molecule has 7 aromatic carbocycles. The Balaban J connectivity index is 1.34. The van der Waals surface area contributed by atoms with Gasteiger partial charge in [0.05, 0.1) is 25.3 Å². The van der Waals surface area contributed by atoms with E-state index in [0.29, 0.717) is 17.0 Å². The maximum absolute atomic E-state index is 12.9. The Hall–Kier alpha value is -6.20. The van der Waals surface area contributed by atoms with Gasteiger partial charge in [0.2, 0.25) is 0 Å². The number of rotatable bonds is 9. The first kappa shape index (κ1) is 33.3. The third-order valence-corrected chi connectivity index (χ3v) is 9.83. The van der Waals surface area contributed by atoms with Crippen LogP contribution in [-0.2, 0) is 9.47 Å². The number of carbonyl (C=O) groups is 2. The van der Waals surface area contributed by atoms with Gasteiger partial charge >= 0.3 is 11.9 Å². The van der Waals surface area contributed by atoms with Crippen LogP contribution in [0.5, 0.6) is 0 Å². The van der Waals surface area contributed by atoms with E-state index in [1.54, 1.807) is 0 Å². The Kier molecular flexibility index (Phi) is 9.36. The molecule has 0 radical (unpaired) electrons. The van der Waals surface area contributed by atoms with Gasteiger partial charge in [-0.1, -0.05) is 111 Å². The van der Waals surface area contributed by atoms with Gasteiger partial charge in [-0.15, -0.1) is 0 Å². The molecule has 0 aliphatic carbocycles. The molecular weight excluding hydrogens is 631 g/mol. The average molecular weight is 670 g/mol. The van der Waals surface area contributed by atoms with Crippen LogP contribution in [0.1, 0.15) is 52.5 Å². The van der Waals surface area contributed by atoms with Crippen LogP contribution < -0.4 is 4.90 Å². The van der Waals surface area contributed by atoms with E-state index in [0.717, 1.165) is 67.3 Å². The minimum atomic E-state index is -0.371. The largest absolute Gasteiger partial charge is 0.465 e. The second-order valence-corrected chi connectivity index (χ2v) is 12.7. The lowest BCUT2D eigenvalue weighted by molar-refractivity contribution is 0.0593. The highest BCUT2D eigenvalue weighted by Crippen LogP contribution is 2.40. The summed E-state index contributed by atoms with van der Waals surface area (Å²) in [4.78, 5) is 28.1. The molecule has 0 heterocycles. The minimum Gasteiger partial charge on any atom is -0.465 e. The first-order valence-corrected chi connectivity index (χ1v) is 17.2. The lowest BCUT2D eigenvalue weighted by Crippen LogP contribution is -2.10. The number of esters is 2. The van der Waals surface area contributed by atoms with Crippen molar-refractivity contribution in [1.29, 1.82) is 0 Å². The Morgan fingerprint density at radius 1 is 0.529 bits per heavy atom. The summed E-state index contributed by atoms with van der Waals surface area (Å²) in [6.45, 7) is 4.45. The van der Waals surface area contributed by atoms with Crippen LogP contribution in [0, 0.1) is 0 Å². The van der Waals surface area contributed by atoms with Gasteiger partial charge in [0.25, 0.3) is 0 Å². The standard InChI is InChI=1S/C46H39NO4/c1-5-30(2)31-14-22-36(23-15-31)47(37-24-16-34(17-25-37)43-39-12-8-6-10-32(39)20-28-41(43)45(48)50-3)38-26-18-35(19-27-38)44-40-13-9-7-11-33(40)21-29-42(44)46(49)51-4/h6-30H,5H2,1-4H3. The number of methoxy groups -OCH3 is 2. The molecule has 0 amide bonds. The van der Waals surface area contributed by atoms with Crippen LogP contribution >= 0.6 is 0 Å². The van der Waals surface area contributed by atoms with E-state index in [1.807, 2.05) is 60.7 Å². The van der Waals surface area contributed by atoms with E-state index in [2.05, 4.69) is 104 Å². The Labute approximate surface area is 298 Å². The van der Waals surface area contributed by atoms with Gasteiger partial charge in [0.15, 0.2) is 0 Å². The van der Waals surface area contributed by atoms with Crippen molar-refractivity contribution in [3.8, 4) is 22.3 Å². The normalized spacial score (nSPS) is 11.7. The summed E-state index contributed by atoms with van der Waals surface area (Å²) in [6.07, 6.45) is 1.06. The number of anilines is 3. The van der Waals surface area contributed by atoms with Crippen molar-refractivity contribution in [3.05, 3.63) is 162 Å². The molecule has 7 aromatic rings. The van der Waals surface area contributed by atoms with E-state index >= 15 is 0 Å². The Morgan fingerprint density at radius 3 is 1.31 bits per heavy atom. The molecule has 1 unspecified atom stereocenters. The molecule has 0 spiro atoms. The van der Waals surface area contributed by atoms with Gasteiger partial charge in [-0.2, -0.15) is 0 Å². The van der Waals surface area contributed by atoms with Crippen LogP contribution in [0.3, 0.4) is 0 Å². The molecule has 7 rings (SSSR count). The molecule has 0 bridgehead atoms. The number of nitrogens with zero attached hydrogens (tertiary/aromatic N) is 1. The molecule has 0 N–H and O–H groups in total. The van der Waals surface area contributed by atoms with Crippen LogP contribution in [-0.4, -0.2) is 26.2 Å². The summed E-state index contributed by atoms with van der Waals surface area (Å²) in [6, 6.07) is 49.1. The maximum atomic E-state index is 12.9. The fraction of sp³-hybridized carbons (Fsp3) is 0.130. The third kappa shape index (κ3) is 6.35. The van der Waals surface area contributed by atoms with Crippen molar-refractivity contribution in [3.63, 3.8) is 0 Å². The Bertz CT molecular complexity index is 2220. The second-order valence-electron chi connectivity index (χ2n) is 12.7. The van der Waals surface area contributed by atoms with E-state index in [1.165, 1.54) is 19.8 Å². The van der Waals surface area contributed by atoms with E-state index < -0.39 is 0 Å². The number of hydrogen-bond acceptors (Lipinski definition) is 5. The molecule has 0 fully saturated rings. The SMILES string of the molecule is CCC(C)c1ccc(N(c2ccc(-c3c(C(=O)OC)ccc4ccccc34)cc2)c2ccc(-c3c(C(=O)OC)ccc4ccccc34)cc2)cc1. The molecular formula is C46H39NO4. The van der Waals surface area contributed by atoms with E-state index in [9.17, 15) is 9.59 Å². The van der Waals surface area contributed by atoms with Gasteiger partial charge in [0.1, 0.15) is 0 Å². The summed E-state index contributed by atoms with van der Waals surface area (Å²) in [7, 11) is 2.83. The summed E-state index contributed by atoms with van der Waals surface area (Å²) in [5.74, 6) is -0.283. The van der Waals surface area contributed by atoms with Crippen molar-refractivity contribution in [2.45, 2.75) is 26.2 Å². The lowest BCUT2D eigenvalue weighted by Gasteiger charge is -2.27. The van der Waals surface area contributed by atoms with Crippen molar-refractivity contribution in [1.82, 2.24) is 0 Å². The van der Waals surface area contributed by atoms with Gasteiger partial charge in [-0.25, -0.2) is 9.59 Å². The van der Waals surface area contributed by atoms with Crippen LogP contribution in [0.4, 0.5) is 17.1 Å². The van der Waals surface area contributed by atoms with Crippen LogP contribution in [0.2, 0.25) is 0 Å². The van der Waals surface area contributed by atoms with Crippen molar-refractivity contribution in [2.24, 2.45) is 0 Å². The number of fused-ring (bicyclic) bond motifs is 2. The molecule has 5 heteroatoms. The smallest absolute Gasteiger partial charge is 0.338 e. The number of ether oxygens (including phenoxy) is 2. The topological polar surface area (TPSA) is 55.8 Å². The summed E-state index contributed by atoms with van der Waals surface area (Å²) in [5, 5.41) is 4.07. The molecule has 252 valence electrons. The number of benzene rings is 7. The molecule has 0 aliphatic rings. The van der Waals surface area contributed by atoms with Crippen LogP contribution in [0.15, 0.2) is 146 Å². The summed E-state index contributed by atoms with van der Waals surface area (Å²) >= 11 is 0. The second kappa shape index (κ2) is 14.3. The molecule has 51 heavy (non-hydrogen) atoms. The van der Waals surface area contributed by atoms with Crippen LogP contribution in [0.25, 0.3) is 43.8 Å². The average Bonchev–Trinajstić information content (AvgIpc) is 3.20. The van der Waals surface area contributed by atoms with Gasteiger partial charge < -0.3 is 14.4 Å². The molecule has 1 atom stereocenters. The molecule has 0 aliphatic heterocycles. The highest BCUT2D eigenvalue weighted by molar-refractivity contribution is 6.09. The van der Waals surface area contributed by atoms with Gasteiger partial charge in [0, 0.05) is 28.2 Å². The van der Waals surface area contributed by atoms with Crippen molar-refractivity contribution in [2.75, 3.05) is 19.1 Å². The maximum Gasteiger partial charge on any atom is 0.338 e. The quantitative estimate of drug-likeness (QED) is 0.143. The first-order valence-electron chi connectivity index (χ1n) is 17.2. The fourth-order valence-electron chi connectivity index (χ4n) is 6.91. The third-order valence-electron chi connectivity index (χ3n) is 9.83. The first-order chi connectivity index (χ1) is 24.9. The monoisotopic (exact) mass is 669 g/mol. The number of hydrogen-bond donors (Lipinski definition) is 0. The van der Waals surface area contributed by atoms with E-state index in [4.69, 9.17) is 9.47 Å². The molecule has 0 aromatic heterocycles. The fourth-order valence-corrected chi connectivity index (χ4v) is 6.91. The predicted molar refractivity (Wildman–Crippen MR) is 208 cm³/mol. The lowest BCUT2D eigenvalue weighted by atomic mass is 9.92. The van der Waals surface area contributed by atoms with E-state index in [-0.39, 0.29) is 11.9 Å². The van der Waals surface area contributed by atoms with Gasteiger partial charge in [-0.3, -0.25) is 0 Å². The highest BCUT2D eigenvalue weighted by Gasteiger charge is 2.20. The Morgan fingerprint density at radius 2 is 0.922 bits per heavy atom.